The Balaban J connectivity index is -0.000000605. The summed E-state index contributed by atoms with van der Waals surface area (Å²) >= 11 is 0. The zero-order valence-electron chi connectivity index (χ0n) is 9.60. The van der Waals surface area contributed by atoms with Crippen LogP contribution in [0.1, 0.15) is 51.9 Å². The van der Waals surface area contributed by atoms with Gasteiger partial charge >= 0.3 is 23.1 Å². The van der Waals surface area contributed by atoms with Gasteiger partial charge in [0.2, 0.25) is 0 Å². The Hall–Kier alpha value is 0.796. The zero-order valence-corrected chi connectivity index (χ0v) is 11.8. The summed E-state index contributed by atoms with van der Waals surface area (Å²) in [7, 11) is 0. The van der Waals surface area contributed by atoms with Gasteiger partial charge in [-0.3, -0.25) is 0 Å². The topological polar surface area (TPSA) is 0 Å². The second-order valence-electron chi connectivity index (χ2n) is 3.55. The second-order valence-corrected chi connectivity index (χ2v) is 3.55. The minimum Gasteiger partial charge on any atom is -1.00 e. The molecule has 0 aromatic heterocycles. The van der Waals surface area contributed by atoms with Gasteiger partial charge in [0.25, 0.3) is 0 Å². The number of unbranched alkanes of at least 4 members (excludes halogenated alkanes) is 5. The van der Waals surface area contributed by atoms with Crippen molar-refractivity contribution in [3.63, 3.8) is 0 Å². The molecule has 0 aromatic rings. The molecule has 0 spiro atoms. The monoisotopic (exact) mass is 226 g/mol. The van der Waals surface area contributed by atoms with Gasteiger partial charge in [0.1, 0.15) is 0 Å². The van der Waals surface area contributed by atoms with Crippen molar-refractivity contribution in [2.24, 2.45) is 5.92 Å². The van der Waals surface area contributed by atoms with Gasteiger partial charge in [-0.05, 0) is 0 Å². The predicted octanol–water partition coefficient (Wildman–Crippen LogP) is 0.996. The summed E-state index contributed by atoms with van der Waals surface area (Å²) in [6, 6.07) is 0. The molecule has 0 heterocycles. The predicted molar refractivity (Wildman–Crippen MR) is 62.8 cm³/mol. The van der Waals surface area contributed by atoms with Crippen molar-refractivity contribution < 1.29 is 12.4 Å². The largest absolute Gasteiger partial charge is 2.00 e. The summed E-state index contributed by atoms with van der Waals surface area (Å²) < 4.78 is 0. The molecule has 1 unspecified atom stereocenters. The van der Waals surface area contributed by atoms with E-state index in [1.54, 1.807) is 0 Å². The maximum absolute atomic E-state index is 3.97. The number of allylic oxidation sites excluding steroid dienone is 1. The van der Waals surface area contributed by atoms with Gasteiger partial charge < -0.3 is 19.3 Å². The molecule has 14 heavy (non-hydrogen) atoms. The van der Waals surface area contributed by atoms with Crippen molar-refractivity contribution in [1.82, 2.24) is 0 Å². The van der Waals surface area contributed by atoms with Gasteiger partial charge in [0.05, 0.1) is 0 Å². The number of halogens is 1. The summed E-state index contributed by atoms with van der Waals surface area (Å²) in [6.07, 6.45) is 11.4. The Morgan fingerprint density at radius 2 is 1.64 bits per heavy atom. The van der Waals surface area contributed by atoms with Crippen LogP contribution in [-0.4, -0.2) is 23.1 Å². The molecule has 0 bridgehead atoms. The number of hydrogen-bond acceptors (Lipinski definition) is 0. The quantitative estimate of drug-likeness (QED) is 0.251. The number of hydrogen-bond donors (Lipinski definition) is 0. The fraction of sp³-hybridized carbons (Fsp3) is 0.750. The van der Waals surface area contributed by atoms with Gasteiger partial charge in [-0.25, -0.2) is 0 Å². The van der Waals surface area contributed by atoms with E-state index >= 15 is 0 Å². The Labute approximate surface area is 112 Å². The molecule has 0 fully saturated rings. The molecule has 0 N–H and O–H groups in total. The maximum Gasteiger partial charge on any atom is 2.00 e. The van der Waals surface area contributed by atoms with Crippen LogP contribution in [0.15, 0.2) is 12.7 Å². The number of rotatable bonds is 8. The molecule has 0 aliphatic rings. The van der Waals surface area contributed by atoms with E-state index in [1.807, 2.05) is 6.08 Å². The average molecular weight is 227 g/mol. The minimum absolute atomic E-state index is 0. The maximum atomic E-state index is 3.97. The van der Waals surface area contributed by atoms with Gasteiger partial charge in [-0.1, -0.05) is 51.9 Å². The van der Waals surface area contributed by atoms with Crippen molar-refractivity contribution in [2.45, 2.75) is 51.9 Å². The van der Waals surface area contributed by atoms with E-state index < -0.39 is 0 Å². The third-order valence-corrected chi connectivity index (χ3v) is 2.26. The Kier molecular flexibility index (Phi) is 23.5. The first-order valence-corrected chi connectivity index (χ1v) is 5.27. The van der Waals surface area contributed by atoms with E-state index in [0.29, 0.717) is 5.92 Å². The molecule has 1 atom stereocenters. The fourth-order valence-electron chi connectivity index (χ4n) is 1.30. The molecule has 0 amide bonds. The van der Waals surface area contributed by atoms with Crippen molar-refractivity contribution >= 4 is 23.1 Å². The molecule has 2 heteroatoms. The normalized spacial score (nSPS) is 11.0. The van der Waals surface area contributed by atoms with Crippen LogP contribution in [0.3, 0.4) is 0 Å². The molecule has 0 saturated heterocycles. The van der Waals surface area contributed by atoms with Crippen molar-refractivity contribution in [3.8, 4) is 0 Å². The van der Waals surface area contributed by atoms with E-state index in [4.69, 9.17) is 0 Å². The summed E-state index contributed by atoms with van der Waals surface area (Å²) in [6.45, 7) is 9.95. The summed E-state index contributed by atoms with van der Waals surface area (Å²) in [5.41, 5.74) is 0. The van der Waals surface area contributed by atoms with E-state index in [9.17, 15) is 0 Å². The van der Waals surface area contributed by atoms with Crippen LogP contribution in [0.5, 0.6) is 0 Å². The van der Waals surface area contributed by atoms with Gasteiger partial charge in [-0.15, -0.1) is 12.7 Å². The summed E-state index contributed by atoms with van der Waals surface area (Å²) in [4.78, 5) is 0. The van der Waals surface area contributed by atoms with E-state index in [0.717, 1.165) is 0 Å². The van der Waals surface area contributed by atoms with Crippen LogP contribution < -0.4 is 12.4 Å². The first kappa shape index (κ1) is 20.2. The molecular formula is C12H23ClMg. The molecule has 0 radical (unpaired) electrons. The van der Waals surface area contributed by atoms with Crippen LogP contribution in [0.2, 0.25) is 0 Å². The average Bonchev–Trinajstić information content (AvgIpc) is 2.10. The Bertz CT molecular complexity index is 104. The third kappa shape index (κ3) is 15.3. The van der Waals surface area contributed by atoms with Gasteiger partial charge in [-0.2, -0.15) is 5.92 Å². The molecule has 0 nitrogen and oxygen atoms in total. The molecule has 0 saturated carbocycles. The molecule has 80 valence electrons. The second kappa shape index (κ2) is 16.2. The standard InChI is InChI=1S/C12H23.ClH.Mg/c1-4-6-7-8-9-10-11-12(3)5-2;;/h5,12H,2-4,6-11H2,1H3;1H;/q-1;;+2/p-1. The van der Waals surface area contributed by atoms with Gasteiger partial charge in [0.15, 0.2) is 0 Å². The molecule has 0 aliphatic heterocycles. The van der Waals surface area contributed by atoms with Gasteiger partial charge in [0, 0.05) is 0 Å². The first-order chi connectivity index (χ1) is 5.81. The van der Waals surface area contributed by atoms with E-state index in [-0.39, 0.29) is 35.5 Å². The summed E-state index contributed by atoms with van der Waals surface area (Å²) in [5.74, 6) is 0.469. The molecule has 0 aliphatic carbocycles. The van der Waals surface area contributed by atoms with Crippen LogP contribution in [0.25, 0.3) is 0 Å². The zero-order chi connectivity index (χ0) is 9.23. The van der Waals surface area contributed by atoms with Crippen LogP contribution in [0, 0.1) is 12.8 Å². The van der Waals surface area contributed by atoms with Crippen molar-refractivity contribution in [2.75, 3.05) is 0 Å². The van der Waals surface area contributed by atoms with Crippen molar-refractivity contribution in [3.05, 3.63) is 19.6 Å². The van der Waals surface area contributed by atoms with Crippen LogP contribution >= 0.6 is 0 Å². The van der Waals surface area contributed by atoms with Crippen LogP contribution in [-0.2, 0) is 0 Å². The first-order valence-electron chi connectivity index (χ1n) is 5.27. The summed E-state index contributed by atoms with van der Waals surface area (Å²) in [5, 5.41) is 0. The fourth-order valence-corrected chi connectivity index (χ4v) is 1.30. The molecule has 0 rings (SSSR count). The van der Waals surface area contributed by atoms with Crippen molar-refractivity contribution in [1.29, 1.82) is 0 Å². The molecule has 0 aromatic carbocycles. The smallest absolute Gasteiger partial charge is 1.00 e. The van der Waals surface area contributed by atoms with Crippen LogP contribution in [0.4, 0.5) is 0 Å². The minimum atomic E-state index is 0. The van der Waals surface area contributed by atoms with E-state index in [1.165, 1.54) is 44.9 Å². The van der Waals surface area contributed by atoms with E-state index in [2.05, 4.69) is 20.4 Å². The Morgan fingerprint density at radius 3 is 2.14 bits per heavy atom. The molecular weight excluding hydrogens is 204 g/mol. The SMILES string of the molecule is C=CC([CH2-])CCCCCCCC.[Cl-].[Mg+2]. The third-order valence-electron chi connectivity index (χ3n) is 2.26. The Morgan fingerprint density at radius 1 is 1.14 bits per heavy atom.